The molecule has 1 heterocycles. The normalized spacial score (nSPS) is 11.4. The highest BCUT2D eigenvalue weighted by molar-refractivity contribution is 5.82. The summed E-state index contributed by atoms with van der Waals surface area (Å²) in [5.74, 6) is 1.29. The molecule has 0 N–H and O–H groups in total. The van der Waals surface area contributed by atoms with E-state index in [4.69, 9.17) is 0 Å². The van der Waals surface area contributed by atoms with Crippen LogP contribution >= 0.6 is 0 Å². The van der Waals surface area contributed by atoms with Crippen molar-refractivity contribution in [3.63, 3.8) is 0 Å². The van der Waals surface area contributed by atoms with Gasteiger partial charge in [0.15, 0.2) is 11.6 Å². The minimum atomic E-state index is 0.647. The molecule has 2 aromatic carbocycles. The summed E-state index contributed by atoms with van der Waals surface area (Å²) in [5, 5.41) is 0. The first-order valence-electron chi connectivity index (χ1n) is 7.87. The van der Waals surface area contributed by atoms with Gasteiger partial charge in [0.1, 0.15) is 0 Å². The van der Waals surface area contributed by atoms with E-state index in [-0.39, 0.29) is 0 Å². The van der Waals surface area contributed by atoms with Gasteiger partial charge in [-0.15, -0.1) is 0 Å². The number of aliphatic imine (C=N–C) groups is 2. The van der Waals surface area contributed by atoms with Crippen LogP contribution in [0.15, 0.2) is 76.7 Å². The van der Waals surface area contributed by atoms with Gasteiger partial charge in [0, 0.05) is 12.4 Å². The molecule has 1 aromatic heterocycles. The van der Waals surface area contributed by atoms with Crippen molar-refractivity contribution in [3.8, 4) is 0 Å². The lowest BCUT2D eigenvalue weighted by atomic mass is 10.2. The Balaban J connectivity index is 1.74. The second-order valence-corrected chi connectivity index (χ2v) is 5.69. The molecular formula is C21H19N3. The molecule has 3 rings (SSSR count). The van der Waals surface area contributed by atoms with E-state index in [9.17, 15) is 0 Å². The van der Waals surface area contributed by atoms with Gasteiger partial charge in [-0.1, -0.05) is 65.7 Å². The largest absolute Gasteiger partial charge is 0.236 e. The van der Waals surface area contributed by atoms with Crippen LogP contribution in [0.25, 0.3) is 0 Å². The van der Waals surface area contributed by atoms with Crippen LogP contribution in [0.5, 0.6) is 0 Å². The summed E-state index contributed by atoms with van der Waals surface area (Å²) in [6.45, 7) is 4.13. The summed E-state index contributed by atoms with van der Waals surface area (Å²) in [4.78, 5) is 13.3. The third-order valence-corrected chi connectivity index (χ3v) is 3.57. The van der Waals surface area contributed by atoms with E-state index in [1.165, 1.54) is 11.1 Å². The monoisotopic (exact) mass is 313 g/mol. The van der Waals surface area contributed by atoms with Crippen LogP contribution in [-0.2, 0) is 0 Å². The highest BCUT2D eigenvalue weighted by atomic mass is 15.0. The van der Waals surface area contributed by atoms with Crippen molar-refractivity contribution >= 4 is 24.1 Å². The Morgan fingerprint density at radius 3 is 1.46 bits per heavy atom. The van der Waals surface area contributed by atoms with Crippen LogP contribution in [0.1, 0.15) is 22.3 Å². The number of rotatable bonds is 4. The van der Waals surface area contributed by atoms with Gasteiger partial charge in [0.2, 0.25) is 0 Å². The number of hydrogen-bond donors (Lipinski definition) is 0. The van der Waals surface area contributed by atoms with Gasteiger partial charge in [0.05, 0.1) is 0 Å². The number of aryl methyl sites for hydroxylation is 2. The molecule has 0 aliphatic carbocycles. The van der Waals surface area contributed by atoms with E-state index in [1.54, 1.807) is 0 Å². The molecule has 0 amide bonds. The smallest absolute Gasteiger partial charge is 0.154 e. The predicted molar refractivity (Wildman–Crippen MR) is 101 cm³/mol. The molecule has 3 nitrogen and oxygen atoms in total. The first-order chi connectivity index (χ1) is 11.7. The highest BCUT2D eigenvalue weighted by Gasteiger charge is 1.95. The van der Waals surface area contributed by atoms with Crippen LogP contribution in [-0.4, -0.2) is 17.4 Å². The SMILES string of the molecule is Cc1ccc(C=Nc2cccc(N=Cc3ccc(C)cc3)n2)cc1. The Hall–Kier alpha value is -3.07. The molecule has 0 spiro atoms. The number of benzene rings is 2. The first kappa shape index (κ1) is 15.8. The van der Waals surface area contributed by atoms with Gasteiger partial charge >= 0.3 is 0 Å². The molecule has 0 aliphatic rings. The molecule has 24 heavy (non-hydrogen) atoms. The number of aromatic nitrogens is 1. The van der Waals surface area contributed by atoms with Crippen LogP contribution in [0.3, 0.4) is 0 Å². The lowest BCUT2D eigenvalue weighted by Gasteiger charge is -1.98. The highest BCUT2D eigenvalue weighted by Crippen LogP contribution is 2.15. The molecule has 3 aromatic rings. The second kappa shape index (κ2) is 7.47. The number of hydrogen-bond acceptors (Lipinski definition) is 3. The second-order valence-electron chi connectivity index (χ2n) is 5.69. The fraction of sp³-hybridized carbons (Fsp3) is 0.0952. The zero-order valence-corrected chi connectivity index (χ0v) is 13.8. The summed E-state index contributed by atoms with van der Waals surface area (Å²) in [6, 6.07) is 22.1. The number of pyridine rings is 1. The zero-order valence-electron chi connectivity index (χ0n) is 13.8. The van der Waals surface area contributed by atoms with Gasteiger partial charge in [0.25, 0.3) is 0 Å². The standard InChI is InChI=1S/C21H19N3/c1-16-6-10-18(11-7-16)14-22-20-4-3-5-21(24-20)23-15-19-12-8-17(2)9-13-19/h3-15H,1-2H3. The topological polar surface area (TPSA) is 37.6 Å². The summed E-state index contributed by atoms with van der Waals surface area (Å²) in [6.07, 6.45) is 3.63. The van der Waals surface area contributed by atoms with Crippen LogP contribution in [0.4, 0.5) is 11.6 Å². The van der Waals surface area contributed by atoms with Crippen molar-refractivity contribution < 1.29 is 0 Å². The fourth-order valence-electron chi connectivity index (χ4n) is 2.14. The molecule has 0 unspecified atom stereocenters. The third-order valence-electron chi connectivity index (χ3n) is 3.57. The van der Waals surface area contributed by atoms with Gasteiger partial charge in [-0.3, -0.25) is 0 Å². The Bertz CT molecular complexity index is 790. The van der Waals surface area contributed by atoms with Gasteiger partial charge in [-0.25, -0.2) is 15.0 Å². The summed E-state index contributed by atoms with van der Waals surface area (Å²) in [7, 11) is 0. The Morgan fingerprint density at radius 2 is 1.04 bits per heavy atom. The minimum Gasteiger partial charge on any atom is -0.236 e. The lowest BCUT2D eigenvalue weighted by molar-refractivity contribution is 1.25. The summed E-state index contributed by atoms with van der Waals surface area (Å²) in [5.41, 5.74) is 4.57. The van der Waals surface area contributed by atoms with Crippen LogP contribution < -0.4 is 0 Å². The lowest BCUT2D eigenvalue weighted by Crippen LogP contribution is -1.83. The maximum atomic E-state index is 4.44. The van der Waals surface area contributed by atoms with Gasteiger partial charge in [-0.2, -0.15) is 0 Å². The van der Waals surface area contributed by atoms with E-state index in [2.05, 4.69) is 53.1 Å². The van der Waals surface area contributed by atoms with Gasteiger partial charge < -0.3 is 0 Å². The van der Waals surface area contributed by atoms with Crippen molar-refractivity contribution in [1.82, 2.24) is 4.98 Å². The average Bonchev–Trinajstić information content (AvgIpc) is 2.61. The molecule has 118 valence electrons. The van der Waals surface area contributed by atoms with Crippen molar-refractivity contribution in [3.05, 3.63) is 89.0 Å². The maximum absolute atomic E-state index is 4.44. The molecule has 0 fully saturated rings. The predicted octanol–water partition coefficient (Wildman–Crippen LogP) is 5.20. The Morgan fingerprint density at radius 1 is 0.625 bits per heavy atom. The van der Waals surface area contributed by atoms with E-state index in [0.29, 0.717) is 11.6 Å². The third kappa shape index (κ3) is 4.46. The molecule has 0 aliphatic heterocycles. The molecular weight excluding hydrogens is 294 g/mol. The molecule has 0 saturated carbocycles. The zero-order chi connectivity index (χ0) is 16.8. The van der Waals surface area contributed by atoms with Crippen molar-refractivity contribution in [2.24, 2.45) is 9.98 Å². The minimum absolute atomic E-state index is 0.647. The maximum Gasteiger partial charge on any atom is 0.154 e. The van der Waals surface area contributed by atoms with Crippen molar-refractivity contribution in [2.45, 2.75) is 13.8 Å². The van der Waals surface area contributed by atoms with Crippen LogP contribution in [0, 0.1) is 13.8 Å². The van der Waals surface area contributed by atoms with Crippen molar-refractivity contribution in [1.29, 1.82) is 0 Å². The summed E-state index contributed by atoms with van der Waals surface area (Å²) >= 11 is 0. The van der Waals surface area contributed by atoms with E-state index in [1.807, 2.05) is 54.9 Å². The molecule has 0 bridgehead atoms. The van der Waals surface area contributed by atoms with Crippen molar-refractivity contribution in [2.75, 3.05) is 0 Å². The van der Waals surface area contributed by atoms with Gasteiger partial charge in [-0.05, 0) is 37.1 Å². The van der Waals surface area contributed by atoms with E-state index < -0.39 is 0 Å². The molecule has 0 saturated heterocycles. The number of nitrogens with zero attached hydrogens (tertiary/aromatic N) is 3. The molecule has 3 heteroatoms. The Labute approximate surface area is 142 Å². The average molecular weight is 313 g/mol. The van der Waals surface area contributed by atoms with Crippen LogP contribution in [0.2, 0.25) is 0 Å². The molecule has 0 atom stereocenters. The fourth-order valence-corrected chi connectivity index (χ4v) is 2.14. The van der Waals surface area contributed by atoms with E-state index in [0.717, 1.165) is 11.1 Å². The Kier molecular flexibility index (Phi) is 4.92. The summed E-state index contributed by atoms with van der Waals surface area (Å²) < 4.78 is 0. The quantitative estimate of drug-likeness (QED) is 0.610. The first-order valence-corrected chi connectivity index (χ1v) is 7.87. The van der Waals surface area contributed by atoms with E-state index >= 15 is 0 Å². The molecule has 0 radical (unpaired) electrons.